The highest BCUT2D eigenvalue weighted by atomic mass is 19.1. The van der Waals surface area contributed by atoms with Crippen LogP contribution in [-0.2, 0) is 5.60 Å². The minimum absolute atomic E-state index is 0.0334. The van der Waals surface area contributed by atoms with Crippen molar-refractivity contribution >= 4 is 5.91 Å². The lowest BCUT2D eigenvalue weighted by Crippen LogP contribution is -2.38. The molecule has 1 heterocycles. The molecule has 0 aliphatic rings. The summed E-state index contributed by atoms with van der Waals surface area (Å²) in [6.45, 7) is 4.99. The van der Waals surface area contributed by atoms with Gasteiger partial charge in [0.05, 0.1) is 6.54 Å². The third-order valence-corrected chi connectivity index (χ3v) is 3.17. The molecule has 1 aromatic carbocycles. The number of carbonyl (C=O) groups is 1. The van der Waals surface area contributed by atoms with E-state index in [9.17, 15) is 14.3 Å². The van der Waals surface area contributed by atoms with Crippen molar-refractivity contribution in [3.05, 3.63) is 58.8 Å². The zero-order valence-corrected chi connectivity index (χ0v) is 12.2. The van der Waals surface area contributed by atoms with Crippen LogP contribution in [0.2, 0.25) is 0 Å². The Kier molecular flexibility index (Phi) is 4.14. The maximum Gasteiger partial charge on any atom is 0.251 e. The molecule has 1 amide bonds. The largest absolute Gasteiger partial charge is 0.463 e. The van der Waals surface area contributed by atoms with Crippen molar-refractivity contribution in [1.29, 1.82) is 0 Å². The smallest absolute Gasteiger partial charge is 0.251 e. The Balaban J connectivity index is 2.06. The Hall–Kier alpha value is -2.14. The summed E-state index contributed by atoms with van der Waals surface area (Å²) in [7, 11) is 0. The zero-order chi connectivity index (χ0) is 15.6. The maximum atomic E-state index is 13.3. The molecule has 0 bridgehead atoms. The van der Waals surface area contributed by atoms with E-state index < -0.39 is 17.3 Å². The molecular formula is C16H18FNO3. The van der Waals surface area contributed by atoms with Crippen molar-refractivity contribution in [3.8, 4) is 0 Å². The van der Waals surface area contributed by atoms with E-state index in [0.717, 1.165) is 6.07 Å². The predicted molar refractivity (Wildman–Crippen MR) is 76.5 cm³/mol. The Morgan fingerprint density at radius 3 is 2.62 bits per heavy atom. The van der Waals surface area contributed by atoms with Crippen molar-refractivity contribution in [2.45, 2.75) is 26.4 Å². The lowest BCUT2D eigenvalue weighted by molar-refractivity contribution is 0.0323. The maximum absolute atomic E-state index is 13.3. The lowest BCUT2D eigenvalue weighted by Gasteiger charge is -2.21. The summed E-state index contributed by atoms with van der Waals surface area (Å²) in [6, 6.07) is 7.49. The van der Waals surface area contributed by atoms with Crippen LogP contribution in [0.1, 0.15) is 34.4 Å². The first kappa shape index (κ1) is 15.3. The fourth-order valence-corrected chi connectivity index (χ4v) is 2.03. The second-order valence-corrected chi connectivity index (χ2v) is 5.38. The van der Waals surface area contributed by atoms with Gasteiger partial charge in [-0.15, -0.1) is 0 Å². The Bertz CT molecular complexity index is 641. The molecule has 2 rings (SSSR count). The predicted octanol–water partition coefficient (Wildman–Crippen LogP) is 2.67. The van der Waals surface area contributed by atoms with Crippen molar-refractivity contribution < 1.29 is 18.7 Å². The highest BCUT2D eigenvalue weighted by Gasteiger charge is 2.27. The summed E-state index contributed by atoms with van der Waals surface area (Å²) in [4.78, 5) is 12.0. The quantitative estimate of drug-likeness (QED) is 0.910. The van der Waals surface area contributed by atoms with E-state index in [-0.39, 0.29) is 12.1 Å². The van der Waals surface area contributed by atoms with Gasteiger partial charge in [-0.3, -0.25) is 4.79 Å². The van der Waals surface area contributed by atoms with Gasteiger partial charge in [-0.25, -0.2) is 4.39 Å². The van der Waals surface area contributed by atoms with Gasteiger partial charge in [0.15, 0.2) is 0 Å². The Morgan fingerprint density at radius 2 is 2.05 bits per heavy atom. The average Bonchev–Trinajstić information content (AvgIpc) is 2.82. The number of amides is 1. The van der Waals surface area contributed by atoms with Gasteiger partial charge in [0, 0.05) is 5.56 Å². The van der Waals surface area contributed by atoms with Crippen molar-refractivity contribution in [2.24, 2.45) is 0 Å². The number of halogens is 1. The number of carbonyl (C=O) groups excluding carboxylic acids is 1. The number of furan rings is 1. The van der Waals surface area contributed by atoms with Gasteiger partial charge >= 0.3 is 0 Å². The summed E-state index contributed by atoms with van der Waals surface area (Å²) in [5, 5.41) is 12.9. The summed E-state index contributed by atoms with van der Waals surface area (Å²) >= 11 is 0. The molecule has 21 heavy (non-hydrogen) atoms. The molecule has 1 aromatic heterocycles. The number of benzene rings is 1. The molecule has 0 saturated carbocycles. The summed E-state index contributed by atoms with van der Waals surface area (Å²) in [5.41, 5.74) is -0.445. The topological polar surface area (TPSA) is 62.5 Å². The summed E-state index contributed by atoms with van der Waals surface area (Å²) in [5.74, 6) is 0.141. The van der Waals surface area contributed by atoms with Crippen LogP contribution < -0.4 is 5.32 Å². The van der Waals surface area contributed by atoms with E-state index in [1.165, 1.54) is 6.07 Å². The minimum atomic E-state index is -1.33. The molecule has 2 aromatic rings. The van der Waals surface area contributed by atoms with Crippen molar-refractivity contribution in [2.75, 3.05) is 6.54 Å². The van der Waals surface area contributed by atoms with E-state index in [1.807, 2.05) is 0 Å². The number of aliphatic hydroxyl groups is 1. The molecule has 0 aliphatic carbocycles. The number of hydrogen-bond acceptors (Lipinski definition) is 3. The molecular weight excluding hydrogens is 273 g/mol. The number of nitrogens with one attached hydrogen (secondary N) is 1. The second kappa shape index (κ2) is 5.69. The fraction of sp³-hybridized carbons (Fsp3) is 0.312. The molecule has 112 valence electrons. The second-order valence-electron chi connectivity index (χ2n) is 5.38. The first-order chi connectivity index (χ1) is 9.78. The SMILES string of the molecule is Cc1cc(F)cc(C(=O)NCC(C)(O)c2ccc(C)o2)c1. The normalized spacial score (nSPS) is 13.8. The molecule has 1 atom stereocenters. The van der Waals surface area contributed by atoms with Crippen LogP contribution in [-0.4, -0.2) is 17.6 Å². The van der Waals surface area contributed by atoms with Gasteiger partial charge in [0.25, 0.3) is 5.91 Å². The third-order valence-electron chi connectivity index (χ3n) is 3.17. The Morgan fingerprint density at radius 1 is 1.33 bits per heavy atom. The lowest BCUT2D eigenvalue weighted by atomic mass is 10.0. The average molecular weight is 291 g/mol. The number of hydrogen-bond donors (Lipinski definition) is 2. The van der Waals surface area contributed by atoms with Crippen LogP contribution in [0.3, 0.4) is 0 Å². The first-order valence-corrected chi connectivity index (χ1v) is 6.62. The molecule has 0 radical (unpaired) electrons. The van der Waals surface area contributed by atoms with E-state index in [2.05, 4.69) is 5.32 Å². The van der Waals surface area contributed by atoms with E-state index >= 15 is 0 Å². The van der Waals surface area contributed by atoms with Crippen LogP contribution in [0.25, 0.3) is 0 Å². The molecule has 2 N–H and O–H groups in total. The van der Waals surface area contributed by atoms with Crippen LogP contribution >= 0.6 is 0 Å². The van der Waals surface area contributed by atoms with Crippen LogP contribution in [0.4, 0.5) is 4.39 Å². The van der Waals surface area contributed by atoms with Crippen LogP contribution in [0.15, 0.2) is 34.7 Å². The highest BCUT2D eigenvalue weighted by molar-refractivity contribution is 5.94. The summed E-state index contributed by atoms with van der Waals surface area (Å²) in [6.07, 6.45) is 0. The standard InChI is InChI=1S/C16H18FNO3/c1-10-6-12(8-13(17)7-10)15(19)18-9-16(3,20)14-5-4-11(2)21-14/h4-8,20H,9H2,1-3H3,(H,18,19). The van der Waals surface area contributed by atoms with Gasteiger partial charge in [-0.2, -0.15) is 0 Å². The molecule has 0 fully saturated rings. The highest BCUT2D eigenvalue weighted by Crippen LogP contribution is 2.22. The van der Waals surface area contributed by atoms with Gasteiger partial charge in [0.2, 0.25) is 0 Å². The third kappa shape index (κ3) is 3.70. The molecule has 0 spiro atoms. The fourth-order valence-electron chi connectivity index (χ4n) is 2.03. The van der Waals surface area contributed by atoms with Gasteiger partial charge in [-0.1, -0.05) is 0 Å². The minimum Gasteiger partial charge on any atom is -0.463 e. The summed E-state index contributed by atoms with van der Waals surface area (Å²) < 4.78 is 18.6. The molecule has 5 heteroatoms. The molecule has 0 aliphatic heterocycles. The zero-order valence-electron chi connectivity index (χ0n) is 12.2. The number of aryl methyl sites for hydroxylation is 2. The van der Waals surface area contributed by atoms with Gasteiger partial charge in [0.1, 0.15) is 22.9 Å². The van der Waals surface area contributed by atoms with Gasteiger partial charge < -0.3 is 14.8 Å². The van der Waals surface area contributed by atoms with E-state index in [4.69, 9.17) is 4.42 Å². The van der Waals surface area contributed by atoms with Crippen LogP contribution in [0, 0.1) is 19.7 Å². The first-order valence-electron chi connectivity index (χ1n) is 6.62. The van der Waals surface area contributed by atoms with E-state index in [0.29, 0.717) is 17.1 Å². The Labute approximate surface area is 122 Å². The van der Waals surface area contributed by atoms with E-state index in [1.54, 1.807) is 39.0 Å². The van der Waals surface area contributed by atoms with Crippen molar-refractivity contribution in [1.82, 2.24) is 5.32 Å². The van der Waals surface area contributed by atoms with Crippen LogP contribution in [0.5, 0.6) is 0 Å². The van der Waals surface area contributed by atoms with Crippen molar-refractivity contribution in [3.63, 3.8) is 0 Å². The van der Waals surface area contributed by atoms with Gasteiger partial charge in [-0.05, 0) is 56.7 Å². The molecule has 1 unspecified atom stereocenters. The monoisotopic (exact) mass is 291 g/mol. The molecule has 4 nitrogen and oxygen atoms in total. The number of rotatable bonds is 4. The molecule has 0 saturated heterocycles.